The first-order chi connectivity index (χ1) is 11.3. The van der Waals surface area contributed by atoms with Crippen LogP contribution in [0.2, 0.25) is 0 Å². The Morgan fingerprint density at radius 1 is 1.21 bits per heavy atom. The van der Waals surface area contributed by atoms with E-state index in [0.29, 0.717) is 25.3 Å². The molecular weight excluding hydrogens is 308 g/mol. The number of benzene rings is 1. The van der Waals surface area contributed by atoms with Gasteiger partial charge in [-0.2, -0.15) is 0 Å². The lowest BCUT2D eigenvalue weighted by Crippen LogP contribution is -2.36. The number of nitrogens with one attached hydrogen (secondary N) is 3. The Balaban J connectivity index is 1.80. The van der Waals surface area contributed by atoms with E-state index in [2.05, 4.69) is 16.0 Å². The van der Waals surface area contributed by atoms with Crippen LogP contribution in [0.5, 0.6) is 0 Å². The van der Waals surface area contributed by atoms with Crippen molar-refractivity contribution < 1.29 is 14.4 Å². The third-order valence-electron chi connectivity index (χ3n) is 3.64. The maximum Gasteiger partial charge on any atom is 0.321 e. The van der Waals surface area contributed by atoms with E-state index in [-0.39, 0.29) is 24.3 Å². The fourth-order valence-electron chi connectivity index (χ4n) is 2.22. The second kappa shape index (κ2) is 7.33. The zero-order valence-electron chi connectivity index (χ0n) is 14.3. The summed E-state index contributed by atoms with van der Waals surface area (Å²) in [5.74, 6) is -0.251. The first-order valence-electron chi connectivity index (χ1n) is 8.01. The van der Waals surface area contributed by atoms with Crippen molar-refractivity contribution in [3.05, 3.63) is 24.3 Å². The van der Waals surface area contributed by atoms with Crippen molar-refractivity contribution in [3.63, 3.8) is 0 Å². The number of urea groups is 1. The normalized spacial score (nSPS) is 14.3. The van der Waals surface area contributed by atoms with Crippen LogP contribution in [0.25, 0.3) is 0 Å². The van der Waals surface area contributed by atoms with Crippen LogP contribution in [-0.4, -0.2) is 37.5 Å². The van der Waals surface area contributed by atoms with E-state index in [1.807, 2.05) is 20.8 Å². The number of hydrogen-bond donors (Lipinski definition) is 3. The molecule has 0 bridgehead atoms. The number of amides is 4. The highest BCUT2D eigenvalue weighted by atomic mass is 16.2. The largest absolute Gasteiger partial charge is 0.355 e. The van der Waals surface area contributed by atoms with E-state index in [9.17, 15) is 14.4 Å². The highest BCUT2D eigenvalue weighted by molar-refractivity contribution is 5.95. The first kappa shape index (κ1) is 17.8. The minimum absolute atomic E-state index is 0.0801. The second-order valence-electron chi connectivity index (χ2n) is 6.73. The maximum atomic E-state index is 11.9. The molecule has 7 heteroatoms. The summed E-state index contributed by atoms with van der Waals surface area (Å²) in [6.07, 6.45) is 0.206. The van der Waals surface area contributed by atoms with Gasteiger partial charge in [-0.25, -0.2) is 4.79 Å². The molecule has 7 nitrogen and oxygen atoms in total. The van der Waals surface area contributed by atoms with Crippen LogP contribution < -0.4 is 20.9 Å². The molecular formula is C17H24N4O3. The van der Waals surface area contributed by atoms with E-state index in [1.54, 1.807) is 29.2 Å². The Hall–Kier alpha value is -2.57. The standard InChI is InChI=1S/C17H24N4O3/c1-17(2,3)15(23)18-9-8-14(22)20-12-4-6-13(7-5-12)21-11-10-19-16(21)24/h4-7H,8-11H2,1-3H3,(H,18,23)(H,19,24)(H,20,22). The van der Waals surface area contributed by atoms with Gasteiger partial charge in [-0.05, 0) is 24.3 Å². The summed E-state index contributed by atoms with van der Waals surface area (Å²) in [4.78, 5) is 36.9. The van der Waals surface area contributed by atoms with Crippen molar-refractivity contribution in [2.75, 3.05) is 29.9 Å². The van der Waals surface area contributed by atoms with Gasteiger partial charge in [0.05, 0.1) is 0 Å². The Labute approximate surface area is 141 Å². The fourth-order valence-corrected chi connectivity index (χ4v) is 2.22. The van der Waals surface area contributed by atoms with E-state index in [1.165, 1.54) is 0 Å². The Morgan fingerprint density at radius 3 is 2.42 bits per heavy atom. The molecule has 1 saturated heterocycles. The van der Waals surface area contributed by atoms with Gasteiger partial charge in [0, 0.05) is 42.8 Å². The number of hydrogen-bond acceptors (Lipinski definition) is 3. The summed E-state index contributed by atoms with van der Waals surface area (Å²) in [5.41, 5.74) is 0.986. The van der Waals surface area contributed by atoms with E-state index in [0.717, 1.165) is 5.69 Å². The molecule has 130 valence electrons. The number of nitrogens with zero attached hydrogens (tertiary/aromatic N) is 1. The minimum atomic E-state index is -0.464. The molecule has 1 aliphatic heterocycles. The summed E-state index contributed by atoms with van der Waals surface area (Å²) in [6.45, 7) is 7.05. The SMILES string of the molecule is CC(C)(C)C(=O)NCCC(=O)Nc1ccc(N2CCNC2=O)cc1. The maximum absolute atomic E-state index is 11.9. The molecule has 1 aromatic rings. The van der Waals surface area contributed by atoms with Crippen molar-refractivity contribution in [2.24, 2.45) is 5.41 Å². The highest BCUT2D eigenvalue weighted by Gasteiger charge is 2.21. The van der Waals surface area contributed by atoms with Crippen molar-refractivity contribution in [1.82, 2.24) is 10.6 Å². The minimum Gasteiger partial charge on any atom is -0.355 e. The van der Waals surface area contributed by atoms with Crippen molar-refractivity contribution in [3.8, 4) is 0 Å². The summed E-state index contributed by atoms with van der Waals surface area (Å²) >= 11 is 0. The quantitative estimate of drug-likeness (QED) is 0.766. The second-order valence-corrected chi connectivity index (χ2v) is 6.73. The Morgan fingerprint density at radius 2 is 1.88 bits per heavy atom. The Kier molecular flexibility index (Phi) is 5.43. The lowest BCUT2D eigenvalue weighted by Gasteiger charge is -2.17. The van der Waals surface area contributed by atoms with Gasteiger partial charge < -0.3 is 16.0 Å². The van der Waals surface area contributed by atoms with Gasteiger partial charge in [0.1, 0.15) is 0 Å². The van der Waals surface area contributed by atoms with E-state index < -0.39 is 5.41 Å². The van der Waals surface area contributed by atoms with Crippen molar-refractivity contribution in [2.45, 2.75) is 27.2 Å². The van der Waals surface area contributed by atoms with Gasteiger partial charge in [-0.1, -0.05) is 20.8 Å². The molecule has 0 radical (unpaired) electrons. The monoisotopic (exact) mass is 332 g/mol. The van der Waals surface area contributed by atoms with Crippen LogP contribution in [0.4, 0.5) is 16.2 Å². The molecule has 1 aromatic carbocycles. The van der Waals surface area contributed by atoms with Crippen LogP contribution in [-0.2, 0) is 9.59 Å². The fraction of sp³-hybridized carbons (Fsp3) is 0.471. The van der Waals surface area contributed by atoms with Gasteiger partial charge in [0.15, 0.2) is 0 Å². The molecule has 3 N–H and O–H groups in total. The predicted octanol–water partition coefficient (Wildman–Crippen LogP) is 1.71. The smallest absolute Gasteiger partial charge is 0.321 e. The van der Waals surface area contributed by atoms with Gasteiger partial charge in [-0.3, -0.25) is 14.5 Å². The predicted molar refractivity (Wildman–Crippen MR) is 92.9 cm³/mol. The van der Waals surface area contributed by atoms with E-state index >= 15 is 0 Å². The molecule has 1 aliphatic rings. The van der Waals surface area contributed by atoms with Crippen LogP contribution in [0, 0.1) is 5.41 Å². The number of carbonyl (C=O) groups is 3. The molecule has 4 amide bonds. The van der Waals surface area contributed by atoms with Crippen molar-refractivity contribution in [1.29, 1.82) is 0 Å². The number of carbonyl (C=O) groups excluding carboxylic acids is 3. The van der Waals surface area contributed by atoms with Gasteiger partial charge in [-0.15, -0.1) is 0 Å². The number of anilines is 2. The van der Waals surface area contributed by atoms with Crippen LogP contribution in [0.1, 0.15) is 27.2 Å². The molecule has 1 fully saturated rings. The average Bonchev–Trinajstić information content (AvgIpc) is 2.93. The summed E-state index contributed by atoms with van der Waals surface area (Å²) < 4.78 is 0. The van der Waals surface area contributed by atoms with Crippen LogP contribution >= 0.6 is 0 Å². The van der Waals surface area contributed by atoms with E-state index in [4.69, 9.17) is 0 Å². The molecule has 0 aromatic heterocycles. The molecule has 0 atom stereocenters. The topological polar surface area (TPSA) is 90.5 Å². The molecule has 1 heterocycles. The molecule has 0 unspecified atom stereocenters. The Bertz CT molecular complexity index is 620. The zero-order chi connectivity index (χ0) is 17.7. The lowest BCUT2D eigenvalue weighted by molar-refractivity contribution is -0.128. The zero-order valence-corrected chi connectivity index (χ0v) is 14.3. The van der Waals surface area contributed by atoms with Crippen LogP contribution in [0.15, 0.2) is 24.3 Å². The number of rotatable bonds is 5. The van der Waals surface area contributed by atoms with Gasteiger partial charge >= 0.3 is 6.03 Å². The molecule has 2 rings (SSSR count). The van der Waals surface area contributed by atoms with Gasteiger partial charge in [0.25, 0.3) is 0 Å². The van der Waals surface area contributed by atoms with Crippen molar-refractivity contribution >= 4 is 29.2 Å². The lowest BCUT2D eigenvalue weighted by atomic mass is 9.96. The summed E-state index contributed by atoms with van der Waals surface area (Å²) in [5, 5.41) is 8.25. The molecule has 24 heavy (non-hydrogen) atoms. The third kappa shape index (κ3) is 4.71. The molecule has 0 aliphatic carbocycles. The molecule has 0 saturated carbocycles. The first-order valence-corrected chi connectivity index (χ1v) is 8.01. The van der Waals surface area contributed by atoms with Gasteiger partial charge in [0.2, 0.25) is 11.8 Å². The summed E-state index contributed by atoms with van der Waals surface area (Å²) in [7, 11) is 0. The average molecular weight is 332 g/mol. The van der Waals surface area contributed by atoms with Crippen LogP contribution in [0.3, 0.4) is 0 Å². The third-order valence-corrected chi connectivity index (χ3v) is 3.64. The summed E-state index contributed by atoms with van der Waals surface area (Å²) in [6, 6.07) is 6.99. The molecule has 0 spiro atoms. The highest BCUT2D eigenvalue weighted by Crippen LogP contribution is 2.19.